The van der Waals surface area contributed by atoms with Crippen LogP contribution in [0.5, 0.6) is 0 Å². The largest absolute Gasteiger partial charge is 0.389 e. The van der Waals surface area contributed by atoms with Gasteiger partial charge < -0.3 is 21.3 Å². The van der Waals surface area contributed by atoms with Crippen LogP contribution >= 0.6 is 24.0 Å². The van der Waals surface area contributed by atoms with Crippen LogP contribution in [0.4, 0.5) is 10.5 Å². The molecule has 0 bridgehead atoms. The van der Waals surface area contributed by atoms with Crippen molar-refractivity contribution in [2.24, 2.45) is 5.73 Å². The fourth-order valence-corrected chi connectivity index (χ4v) is 2.55. The predicted octanol–water partition coefficient (Wildman–Crippen LogP) is 1.73. The van der Waals surface area contributed by atoms with Gasteiger partial charge in [-0.2, -0.15) is 0 Å². The lowest BCUT2D eigenvalue weighted by Crippen LogP contribution is -2.37. The van der Waals surface area contributed by atoms with Crippen LogP contribution < -0.4 is 16.4 Å². The molecule has 0 aromatic heterocycles. The number of nitrogens with two attached hydrogens (primary N) is 1. The van der Waals surface area contributed by atoms with Crippen LogP contribution in [0.1, 0.15) is 5.56 Å². The molecular weight excluding hydrogens is 292 g/mol. The van der Waals surface area contributed by atoms with E-state index in [2.05, 4.69) is 10.6 Å². The molecule has 7 heteroatoms. The molecule has 0 spiro atoms. The van der Waals surface area contributed by atoms with Crippen LogP contribution in [0.2, 0.25) is 0 Å². The molecule has 0 radical (unpaired) electrons. The first-order valence-corrected chi connectivity index (χ1v) is 7.76. The number of nitrogens with zero attached hydrogens (tertiary/aromatic N) is 1. The van der Waals surface area contributed by atoms with E-state index in [-0.39, 0.29) is 6.03 Å². The van der Waals surface area contributed by atoms with E-state index in [1.165, 1.54) is 4.90 Å². The molecule has 0 heterocycles. The summed E-state index contributed by atoms with van der Waals surface area (Å²) in [6, 6.07) is 5.76. The Kier molecular flexibility index (Phi) is 6.60. The van der Waals surface area contributed by atoms with Crippen LogP contribution in [0.15, 0.2) is 23.1 Å². The Bertz CT molecular complexity index is 491. The highest BCUT2D eigenvalue weighted by Gasteiger charge is 2.10. The van der Waals surface area contributed by atoms with E-state index in [0.29, 0.717) is 18.1 Å². The van der Waals surface area contributed by atoms with Crippen molar-refractivity contribution in [2.75, 3.05) is 38.8 Å². The number of anilines is 1. The second-order valence-corrected chi connectivity index (χ2v) is 5.59. The molecule has 0 saturated carbocycles. The van der Waals surface area contributed by atoms with Gasteiger partial charge in [0.05, 0.1) is 0 Å². The van der Waals surface area contributed by atoms with Gasteiger partial charge in [-0.15, -0.1) is 11.8 Å². The van der Waals surface area contributed by atoms with Crippen molar-refractivity contribution < 1.29 is 4.79 Å². The number of thiocarbonyl (C=S) groups is 1. The first-order chi connectivity index (χ1) is 9.47. The maximum Gasteiger partial charge on any atom is 0.316 e. The summed E-state index contributed by atoms with van der Waals surface area (Å²) in [4.78, 5) is 14.3. The molecule has 1 rings (SSSR count). The van der Waals surface area contributed by atoms with Gasteiger partial charge in [0, 0.05) is 43.3 Å². The van der Waals surface area contributed by atoms with Gasteiger partial charge in [0.25, 0.3) is 0 Å². The molecule has 1 aromatic carbocycles. The highest BCUT2D eigenvalue weighted by atomic mass is 32.2. The first-order valence-electron chi connectivity index (χ1n) is 6.13. The highest BCUT2D eigenvalue weighted by Crippen LogP contribution is 2.26. The third-order valence-corrected chi connectivity index (χ3v) is 3.60. The van der Waals surface area contributed by atoms with E-state index in [4.69, 9.17) is 18.0 Å². The summed E-state index contributed by atoms with van der Waals surface area (Å²) >= 11 is 6.71. The lowest BCUT2D eigenvalue weighted by molar-refractivity contribution is 0.218. The minimum Gasteiger partial charge on any atom is -0.389 e. The number of amides is 2. The topological polar surface area (TPSA) is 70.4 Å². The standard InChI is InChI=1S/C13H20N4OS2/c1-17(2)13(18)16-8-7-15-9-5-4-6-10(20-3)11(9)12(14)19/h4-6,15H,7-8H2,1-3H3,(H2,14,19)(H,16,18). The van der Waals surface area contributed by atoms with Crippen molar-refractivity contribution in [3.8, 4) is 0 Å². The Balaban J connectivity index is 2.64. The zero-order chi connectivity index (χ0) is 15.1. The van der Waals surface area contributed by atoms with Crippen LogP contribution in [0.3, 0.4) is 0 Å². The van der Waals surface area contributed by atoms with E-state index in [9.17, 15) is 4.79 Å². The molecule has 0 aliphatic heterocycles. The molecule has 110 valence electrons. The van der Waals surface area contributed by atoms with E-state index >= 15 is 0 Å². The minimum absolute atomic E-state index is 0.112. The predicted molar refractivity (Wildman–Crippen MR) is 89.7 cm³/mol. The number of benzene rings is 1. The van der Waals surface area contributed by atoms with Gasteiger partial charge in [-0.25, -0.2) is 4.79 Å². The molecule has 0 fully saturated rings. The Morgan fingerprint density at radius 3 is 2.65 bits per heavy atom. The Labute approximate surface area is 129 Å². The van der Waals surface area contributed by atoms with E-state index in [1.54, 1.807) is 25.9 Å². The second kappa shape index (κ2) is 7.96. The van der Waals surface area contributed by atoms with Crippen LogP contribution in [0.25, 0.3) is 0 Å². The van der Waals surface area contributed by atoms with Crippen LogP contribution in [-0.4, -0.2) is 49.4 Å². The van der Waals surface area contributed by atoms with Gasteiger partial charge in [0.2, 0.25) is 0 Å². The summed E-state index contributed by atoms with van der Waals surface area (Å²) in [5.74, 6) is 0. The van der Waals surface area contributed by atoms with Crippen molar-refractivity contribution in [1.29, 1.82) is 0 Å². The minimum atomic E-state index is -0.112. The SMILES string of the molecule is CSc1cccc(NCCNC(=O)N(C)C)c1C(N)=S. The van der Waals surface area contributed by atoms with Gasteiger partial charge in [-0.3, -0.25) is 0 Å². The van der Waals surface area contributed by atoms with Gasteiger partial charge in [-0.05, 0) is 18.4 Å². The van der Waals surface area contributed by atoms with Gasteiger partial charge in [0.15, 0.2) is 0 Å². The van der Waals surface area contributed by atoms with Crippen molar-refractivity contribution in [2.45, 2.75) is 4.90 Å². The summed E-state index contributed by atoms with van der Waals surface area (Å²) in [5.41, 5.74) is 7.53. The molecule has 0 atom stereocenters. The Morgan fingerprint density at radius 1 is 1.40 bits per heavy atom. The summed E-state index contributed by atoms with van der Waals surface area (Å²) in [6.45, 7) is 1.13. The number of thioether (sulfide) groups is 1. The van der Waals surface area contributed by atoms with Crippen molar-refractivity contribution in [1.82, 2.24) is 10.2 Å². The molecule has 0 aliphatic carbocycles. The molecule has 0 aliphatic rings. The van der Waals surface area contributed by atoms with Crippen LogP contribution in [-0.2, 0) is 0 Å². The van der Waals surface area contributed by atoms with Crippen molar-refractivity contribution in [3.05, 3.63) is 23.8 Å². The fourth-order valence-electron chi connectivity index (χ4n) is 1.63. The molecule has 0 saturated heterocycles. The fraction of sp³-hybridized carbons (Fsp3) is 0.385. The van der Waals surface area contributed by atoms with Gasteiger partial charge >= 0.3 is 6.03 Å². The van der Waals surface area contributed by atoms with E-state index in [1.807, 2.05) is 24.5 Å². The van der Waals surface area contributed by atoms with Crippen molar-refractivity contribution in [3.63, 3.8) is 0 Å². The van der Waals surface area contributed by atoms with Crippen LogP contribution in [0, 0.1) is 0 Å². The third-order valence-electron chi connectivity index (χ3n) is 2.62. The van der Waals surface area contributed by atoms with E-state index < -0.39 is 0 Å². The summed E-state index contributed by atoms with van der Waals surface area (Å²) in [6.07, 6.45) is 1.98. The Hall–Kier alpha value is -1.47. The number of hydrogen-bond donors (Lipinski definition) is 3. The summed E-state index contributed by atoms with van der Waals surface area (Å²) in [7, 11) is 3.41. The summed E-state index contributed by atoms with van der Waals surface area (Å²) in [5, 5.41) is 6.03. The second-order valence-electron chi connectivity index (χ2n) is 4.30. The molecule has 4 N–H and O–H groups in total. The molecule has 20 heavy (non-hydrogen) atoms. The maximum atomic E-state index is 11.4. The quantitative estimate of drug-likeness (QED) is 0.424. The highest BCUT2D eigenvalue weighted by molar-refractivity contribution is 7.98. The zero-order valence-corrected chi connectivity index (χ0v) is 13.5. The van der Waals surface area contributed by atoms with Gasteiger partial charge in [-0.1, -0.05) is 18.3 Å². The molecule has 0 unspecified atom stereocenters. The molecule has 5 nitrogen and oxygen atoms in total. The molecule has 1 aromatic rings. The molecule has 2 amide bonds. The number of hydrogen-bond acceptors (Lipinski definition) is 4. The number of rotatable bonds is 6. The first kappa shape index (κ1) is 16.6. The van der Waals surface area contributed by atoms with Crippen molar-refractivity contribution >= 4 is 40.7 Å². The maximum absolute atomic E-state index is 11.4. The monoisotopic (exact) mass is 312 g/mol. The number of urea groups is 1. The normalized spacial score (nSPS) is 9.95. The lowest BCUT2D eigenvalue weighted by atomic mass is 10.1. The average Bonchev–Trinajstić information content (AvgIpc) is 2.42. The van der Waals surface area contributed by atoms with Gasteiger partial charge in [0.1, 0.15) is 4.99 Å². The zero-order valence-electron chi connectivity index (χ0n) is 11.9. The number of carbonyl (C=O) groups is 1. The summed E-state index contributed by atoms with van der Waals surface area (Å²) < 4.78 is 0. The average molecular weight is 312 g/mol. The Morgan fingerprint density at radius 2 is 2.10 bits per heavy atom. The molecular formula is C13H20N4OS2. The third kappa shape index (κ3) is 4.57. The van der Waals surface area contributed by atoms with E-state index in [0.717, 1.165) is 16.1 Å². The lowest BCUT2D eigenvalue weighted by Gasteiger charge is -2.15. The smallest absolute Gasteiger partial charge is 0.316 e. The number of carbonyl (C=O) groups excluding carboxylic acids is 1. The number of nitrogens with one attached hydrogen (secondary N) is 2.